The summed E-state index contributed by atoms with van der Waals surface area (Å²) >= 11 is 0. The Kier molecular flexibility index (Phi) is 3.52. The summed E-state index contributed by atoms with van der Waals surface area (Å²) in [5.74, 6) is 0. The van der Waals surface area contributed by atoms with E-state index in [9.17, 15) is 4.79 Å². The van der Waals surface area contributed by atoms with Crippen LogP contribution >= 0.6 is 0 Å². The van der Waals surface area contributed by atoms with Gasteiger partial charge in [0.05, 0.1) is 18.5 Å². The zero-order chi connectivity index (χ0) is 9.52. The Morgan fingerprint density at radius 1 is 1.46 bits per heavy atom. The van der Waals surface area contributed by atoms with Gasteiger partial charge in [0.2, 0.25) is 6.41 Å². The standard InChI is InChI=1S/C10H10N2O/c11-7-6-10(12-8-13)9-4-2-1-3-5-9/h1-5,8,10H,6H2,(H,12,13). The largest absolute Gasteiger partial charge is 0.351 e. The molecule has 0 aliphatic heterocycles. The van der Waals surface area contributed by atoms with E-state index >= 15 is 0 Å². The number of nitrogens with zero attached hydrogens (tertiary/aromatic N) is 1. The van der Waals surface area contributed by atoms with Gasteiger partial charge < -0.3 is 5.32 Å². The van der Waals surface area contributed by atoms with E-state index < -0.39 is 0 Å². The first-order valence-electron chi connectivity index (χ1n) is 4.00. The fourth-order valence-electron chi connectivity index (χ4n) is 1.13. The fourth-order valence-corrected chi connectivity index (χ4v) is 1.13. The Bertz CT molecular complexity index is 302. The van der Waals surface area contributed by atoms with Crippen LogP contribution in [0.2, 0.25) is 0 Å². The highest BCUT2D eigenvalue weighted by Gasteiger charge is 2.07. The van der Waals surface area contributed by atoms with Crippen molar-refractivity contribution < 1.29 is 4.79 Å². The van der Waals surface area contributed by atoms with Gasteiger partial charge in [-0.1, -0.05) is 30.3 Å². The van der Waals surface area contributed by atoms with E-state index in [0.29, 0.717) is 12.8 Å². The third kappa shape index (κ3) is 2.60. The highest BCUT2D eigenvalue weighted by atomic mass is 16.1. The molecule has 0 fully saturated rings. The molecule has 0 aromatic heterocycles. The Balaban J connectivity index is 2.76. The highest BCUT2D eigenvalue weighted by molar-refractivity contribution is 5.47. The van der Waals surface area contributed by atoms with Crippen LogP contribution < -0.4 is 5.32 Å². The summed E-state index contributed by atoms with van der Waals surface area (Å²) in [6, 6.07) is 11.3. The molecule has 0 spiro atoms. The van der Waals surface area contributed by atoms with E-state index in [1.807, 2.05) is 36.4 Å². The molecule has 0 saturated carbocycles. The summed E-state index contributed by atoms with van der Waals surface area (Å²) in [6.07, 6.45) is 0.914. The van der Waals surface area contributed by atoms with E-state index in [1.165, 1.54) is 0 Å². The van der Waals surface area contributed by atoms with Gasteiger partial charge in [-0.3, -0.25) is 4.79 Å². The summed E-state index contributed by atoms with van der Waals surface area (Å²) < 4.78 is 0. The molecule has 1 amide bonds. The van der Waals surface area contributed by atoms with E-state index in [-0.39, 0.29) is 6.04 Å². The lowest BCUT2D eigenvalue weighted by atomic mass is 10.1. The zero-order valence-electron chi connectivity index (χ0n) is 7.10. The molecule has 1 unspecified atom stereocenters. The van der Waals surface area contributed by atoms with Crippen molar-refractivity contribution in [2.24, 2.45) is 0 Å². The highest BCUT2D eigenvalue weighted by Crippen LogP contribution is 2.14. The maximum absolute atomic E-state index is 10.2. The van der Waals surface area contributed by atoms with Crippen molar-refractivity contribution in [3.63, 3.8) is 0 Å². The van der Waals surface area contributed by atoms with Crippen molar-refractivity contribution in [2.45, 2.75) is 12.5 Å². The molecule has 3 heteroatoms. The second-order valence-corrected chi connectivity index (χ2v) is 2.61. The lowest BCUT2D eigenvalue weighted by molar-refractivity contribution is -0.110. The number of carbonyl (C=O) groups is 1. The second kappa shape index (κ2) is 4.94. The van der Waals surface area contributed by atoms with Crippen LogP contribution in [0.1, 0.15) is 18.0 Å². The minimum atomic E-state index is -0.191. The molecule has 0 bridgehead atoms. The van der Waals surface area contributed by atoms with E-state index in [4.69, 9.17) is 5.26 Å². The first kappa shape index (κ1) is 9.27. The lowest BCUT2D eigenvalue weighted by Gasteiger charge is -2.11. The Morgan fingerprint density at radius 2 is 2.15 bits per heavy atom. The molecular weight excluding hydrogens is 164 g/mol. The Hall–Kier alpha value is -1.82. The molecule has 0 aliphatic rings. The smallest absolute Gasteiger partial charge is 0.207 e. The molecule has 3 nitrogen and oxygen atoms in total. The van der Waals surface area contributed by atoms with Gasteiger partial charge >= 0.3 is 0 Å². The SMILES string of the molecule is N#CCC(NC=O)c1ccccc1. The van der Waals surface area contributed by atoms with Crippen molar-refractivity contribution in [1.82, 2.24) is 5.32 Å². The van der Waals surface area contributed by atoms with Crippen LogP contribution in [0.25, 0.3) is 0 Å². The van der Waals surface area contributed by atoms with Crippen LogP contribution in [0.4, 0.5) is 0 Å². The number of rotatable bonds is 4. The molecule has 0 radical (unpaired) electrons. The predicted octanol–water partition coefficient (Wildman–Crippen LogP) is 1.39. The molecule has 1 aromatic carbocycles. The Labute approximate surface area is 77.0 Å². The number of carbonyl (C=O) groups excluding carboxylic acids is 1. The molecule has 0 aliphatic carbocycles. The number of hydrogen-bond acceptors (Lipinski definition) is 2. The Morgan fingerprint density at radius 3 is 2.69 bits per heavy atom. The summed E-state index contributed by atoms with van der Waals surface area (Å²) in [5.41, 5.74) is 0.955. The number of amides is 1. The zero-order valence-corrected chi connectivity index (χ0v) is 7.10. The number of hydrogen-bond donors (Lipinski definition) is 1. The first-order valence-corrected chi connectivity index (χ1v) is 4.00. The van der Waals surface area contributed by atoms with Crippen LogP contribution in [0.5, 0.6) is 0 Å². The topological polar surface area (TPSA) is 52.9 Å². The third-order valence-corrected chi connectivity index (χ3v) is 1.77. The summed E-state index contributed by atoms with van der Waals surface area (Å²) in [7, 11) is 0. The lowest BCUT2D eigenvalue weighted by Crippen LogP contribution is -2.18. The van der Waals surface area contributed by atoms with Crippen molar-refractivity contribution in [3.8, 4) is 6.07 Å². The van der Waals surface area contributed by atoms with E-state index in [0.717, 1.165) is 5.56 Å². The van der Waals surface area contributed by atoms with Gasteiger partial charge in [0.25, 0.3) is 0 Å². The summed E-state index contributed by atoms with van der Waals surface area (Å²) in [4.78, 5) is 10.2. The molecule has 66 valence electrons. The molecule has 13 heavy (non-hydrogen) atoms. The van der Waals surface area contributed by atoms with Gasteiger partial charge in [-0.05, 0) is 5.56 Å². The quantitative estimate of drug-likeness (QED) is 0.701. The number of nitriles is 1. The fraction of sp³-hybridized carbons (Fsp3) is 0.200. The molecule has 1 aromatic rings. The van der Waals surface area contributed by atoms with Crippen LogP contribution in [0, 0.1) is 11.3 Å². The monoisotopic (exact) mass is 174 g/mol. The van der Waals surface area contributed by atoms with Gasteiger partial charge in [0.1, 0.15) is 0 Å². The van der Waals surface area contributed by atoms with Gasteiger partial charge in [0, 0.05) is 0 Å². The average Bonchev–Trinajstić information content (AvgIpc) is 2.19. The van der Waals surface area contributed by atoms with Crippen LogP contribution in [0.3, 0.4) is 0 Å². The van der Waals surface area contributed by atoms with Crippen LogP contribution in [-0.4, -0.2) is 6.41 Å². The minimum absolute atomic E-state index is 0.191. The van der Waals surface area contributed by atoms with Crippen molar-refractivity contribution in [2.75, 3.05) is 0 Å². The number of benzene rings is 1. The van der Waals surface area contributed by atoms with Crippen LogP contribution in [-0.2, 0) is 4.79 Å². The molecule has 0 saturated heterocycles. The minimum Gasteiger partial charge on any atom is -0.351 e. The van der Waals surface area contributed by atoms with Crippen molar-refractivity contribution in [1.29, 1.82) is 5.26 Å². The van der Waals surface area contributed by atoms with E-state index in [2.05, 4.69) is 5.32 Å². The maximum atomic E-state index is 10.2. The maximum Gasteiger partial charge on any atom is 0.207 e. The summed E-state index contributed by atoms with van der Waals surface area (Å²) in [5, 5.41) is 11.1. The molecule has 0 heterocycles. The predicted molar refractivity (Wildman–Crippen MR) is 48.6 cm³/mol. The second-order valence-electron chi connectivity index (χ2n) is 2.61. The average molecular weight is 174 g/mol. The van der Waals surface area contributed by atoms with Gasteiger partial charge in [0.15, 0.2) is 0 Å². The molecule has 1 N–H and O–H groups in total. The third-order valence-electron chi connectivity index (χ3n) is 1.77. The normalized spacial score (nSPS) is 11.3. The van der Waals surface area contributed by atoms with Gasteiger partial charge in [-0.25, -0.2) is 0 Å². The van der Waals surface area contributed by atoms with Crippen molar-refractivity contribution >= 4 is 6.41 Å². The molecule has 1 rings (SSSR count). The molecule has 1 atom stereocenters. The van der Waals surface area contributed by atoms with Gasteiger partial charge in [-0.2, -0.15) is 5.26 Å². The van der Waals surface area contributed by atoms with Gasteiger partial charge in [-0.15, -0.1) is 0 Å². The molecular formula is C10H10N2O. The van der Waals surface area contributed by atoms with Crippen LogP contribution in [0.15, 0.2) is 30.3 Å². The number of nitrogens with one attached hydrogen (secondary N) is 1. The first-order chi connectivity index (χ1) is 6.38. The van der Waals surface area contributed by atoms with E-state index in [1.54, 1.807) is 0 Å². The van der Waals surface area contributed by atoms with Crippen molar-refractivity contribution in [3.05, 3.63) is 35.9 Å². The summed E-state index contributed by atoms with van der Waals surface area (Å²) in [6.45, 7) is 0.